The van der Waals surface area contributed by atoms with Crippen LogP contribution in [0.3, 0.4) is 0 Å². The number of anilines is 1. The Hall–Kier alpha value is -2.61. The number of alkyl carbamates (subject to hydrolysis) is 1. The monoisotopic (exact) mass is 351 g/mol. The number of para-hydroxylation sites is 1. The zero-order valence-corrected chi connectivity index (χ0v) is 15.0. The highest BCUT2D eigenvalue weighted by atomic mass is 16.6. The Kier molecular flexibility index (Phi) is 7.87. The smallest absolute Gasteiger partial charge is 0.408 e. The number of carbonyl (C=O) groups excluding carboxylic acids is 3. The second kappa shape index (κ2) is 9.63. The van der Waals surface area contributed by atoms with E-state index in [1.807, 2.05) is 0 Å². The molecule has 0 heterocycles. The molecule has 0 spiro atoms. The molecule has 25 heavy (non-hydrogen) atoms. The van der Waals surface area contributed by atoms with Gasteiger partial charge in [0.05, 0.1) is 0 Å². The van der Waals surface area contributed by atoms with Gasteiger partial charge in [-0.3, -0.25) is 9.59 Å². The minimum absolute atomic E-state index is 0.0334. The Morgan fingerprint density at radius 1 is 1.04 bits per heavy atom. The third-order valence-corrected chi connectivity index (χ3v) is 2.84. The predicted octanol–water partition coefficient (Wildman–Crippen LogP) is 1.41. The van der Waals surface area contributed by atoms with E-state index in [0.29, 0.717) is 5.69 Å². The predicted molar refractivity (Wildman–Crippen MR) is 93.0 cm³/mol. The molecule has 3 amide bonds. The fraction of sp³-hybridized carbons (Fsp3) is 0.471. The third kappa shape index (κ3) is 8.71. The first-order valence-electron chi connectivity index (χ1n) is 7.81. The van der Waals surface area contributed by atoms with Crippen molar-refractivity contribution in [3.05, 3.63) is 29.8 Å². The fourth-order valence-corrected chi connectivity index (χ4v) is 1.83. The number of ether oxygens (including phenoxy) is 2. The third-order valence-electron chi connectivity index (χ3n) is 2.84. The number of hydrogen-bond acceptors (Lipinski definition) is 5. The number of rotatable bonds is 7. The molecule has 0 bridgehead atoms. The highest BCUT2D eigenvalue weighted by Gasteiger charge is 2.16. The van der Waals surface area contributed by atoms with Crippen LogP contribution in [0.25, 0.3) is 0 Å². The molecule has 0 saturated heterocycles. The first-order valence-corrected chi connectivity index (χ1v) is 7.81. The van der Waals surface area contributed by atoms with Crippen molar-refractivity contribution < 1.29 is 23.9 Å². The highest BCUT2D eigenvalue weighted by molar-refractivity contribution is 5.94. The van der Waals surface area contributed by atoms with Gasteiger partial charge in [0, 0.05) is 19.3 Å². The number of nitrogens with one attached hydrogen (secondary N) is 3. The first kappa shape index (κ1) is 20.4. The maximum Gasteiger partial charge on any atom is 0.408 e. The summed E-state index contributed by atoms with van der Waals surface area (Å²) in [4.78, 5) is 35.0. The van der Waals surface area contributed by atoms with Gasteiger partial charge in [-0.2, -0.15) is 0 Å². The lowest BCUT2D eigenvalue weighted by Crippen LogP contribution is -2.37. The van der Waals surface area contributed by atoms with Crippen molar-refractivity contribution in [1.82, 2.24) is 10.6 Å². The molecule has 0 fully saturated rings. The second-order valence-electron chi connectivity index (χ2n) is 6.27. The zero-order valence-electron chi connectivity index (χ0n) is 15.0. The summed E-state index contributed by atoms with van der Waals surface area (Å²) in [5.41, 5.74) is 0.655. The Bertz CT molecular complexity index is 611. The van der Waals surface area contributed by atoms with Crippen LogP contribution in [0.5, 0.6) is 0 Å². The van der Waals surface area contributed by atoms with Crippen molar-refractivity contribution in [2.45, 2.75) is 32.9 Å². The Balaban J connectivity index is 2.54. The highest BCUT2D eigenvalue weighted by Crippen LogP contribution is 2.14. The van der Waals surface area contributed by atoms with Crippen LogP contribution in [-0.4, -0.2) is 43.8 Å². The summed E-state index contributed by atoms with van der Waals surface area (Å²) in [6, 6.07) is 7.05. The quantitative estimate of drug-likeness (QED) is 0.689. The summed E-state index contributed by atoms with van der Waals surface area (Å²) in [5.74, 6) is -0.656. The van der Waals surface area contributed by atoms with E-state index in [-0.39, 0.29) is 25.6 Å². The lowest BCUT2D eigenvalue weighted by molar-refractivity contribution is -0.124. The van der Waals surface area contributed by atoms with Gasteiger partial charge in [0.2, 0.25) is 11.8 Å². The van der Waals surface area contributed by atoms with Gasteiger partial charge in [0.15, 0.2) is 0 Å². The van der Waals surface area contributed by atoms with Crippen LogP contribution in [0.4, 0.5) is 10.5 Å². The van der Waals surface area contributed by atoms with Crippen LogP contribution in [0.1, 0.15) is 26.3 Å². The van der Waals surface area contributed by atoms with Crippen LogP contribution in [0.15, 0.2) is 24.3 Å². The molecule has 8 nitrogen and oxygen atoms in total. The molecule has 1 aromatic rings. The van der Waals surface area contributed by atoms with E-state index in [1.165, 1.54) is 7.11 Å². The second-order valence-corrected chi connectivity index (χ2v) is 6.27. The van der Waals surface area contributed by atoms with Gasteiger partial charge in [0.1, 0.15) is 18.8 Å². The van der Waals surface area contributed by atoms with Gasteiger partial charge in [-0.15, -0.1) is 0 Å². The Morgan fingerprint density at radius 3 is 2.36 bits per heavy atom. The molecule has 1 aromatic carbocycles. The SMILES string of the molecule is COCC(=O)NCc1ccccc1NC(=O)CNC(=O)OC(C)(C)C. The number of carbonyl (C=O) groups is 3. The molecule has 0 aliphatic rings. The van der Waals surface area contributed by atoms with Crippen molar-refractivity contribution in [1.29, 1.82) is 0 Å². The number of hydrogen-bond donors (Lipinski definition) is 3. The lowest BCUT2D eigenvalue weighted by atomic mass is 10.1. The van der Waals surface area contributed by atoms with E-state index < -0.39 is 17.6 Å². The van der Waals surface area contributed by atoms with Crippen molar-refractivity contribution in [3.8, 4) is 0 Å². The Labute approximate surface area is 147 Å². The number of amides is 3. The summed E-state index contributed by atoms with van der Waals surface area (Å²) < 4.78 is 9.80. The molecule has 8 heteroatoms. The molecule has 0 unspecified atom stereocenters. The number of benzene rings is 1. The van der Waals surface area contributed by atoms with Crippen LogP contribution in [0, 0.1) is 0 Å². The molecular weight excluding hydrogens is 326 g/mol. The molecule has 0 atom stereocenters. The molecule has 0 aromatic heterocycles. The van der Waals surface area contributed by atoms with Crippen LogP contribution in [-0.2, 0) is 25.6 Å². The standard InChI is InChI=1S/C17H25N3O5/c1-17(2,3)25-16(23)19-10-14(21)20-13-8-6-5-7-12(13)9-18-15(22)11-24-4/h5-8H,9-11H2,1-4H3,(H,18,22)(H,19,23)(H,20,21). The summed E-state index contributed by atoms with van der Waals surface area (Å²) in [6.07, 6.45) is -0.664. The van der Waals surface area contributed by atoms with Gasteiger partial charge in [0.25, 0.3) is 0 Å². The van der Waals surface area contributed by atoms with E-state index in [4.69, 9.17) is 9.47 Å². The maximum absolute atomic E-state index is 12.0. The minimum atomic E-state index is -0.664. The van der Waals surface area contributed by atoms with Crippen LogP contribution in [0.2, 0.25) is 0 Å². The van der Waals surface area contributed by atoms with Gasteiger partial charge >= 0.3 is 6.09 Å². The van der Waals surface area contributed by atoms with E-state index in [9.17, 15) is 14.4 Å². The molecule has 0 aliphatic carbocycles. The molecular formula is C17H25N3O5. The molecule has 138 valence electrons. The fourth-order valence-electron chi connectivity index (χ4n) is 1.83. The zero-order chi connectivity index (χ0) is 18.9. The van der Waals surface area contributed by atoms with Crippen molar-refractivity contribution in [2.24, 2.45) is 0 Å². The topological polar surface area (TPSA) is 106 Å². The average Bonchev–Trinajstić information content (AvgIpc) is 2.51. The molecule has 0 saturated carbocycles. The maximum atomic E-state index is 12.0. The van der Waals surface area contributed by atoms with Gasteiger partial charge in [-0.1, -0.05) is 18.2 Å². The van der Waals surface area contributed by atoms with Gasteiger partial charge in [-0.25, -0.2) is 4.79 Å². The van der Waals surface area contributed by atoms with E-state index >= 15 is 0 Å². The summed E-state index contributed by atoms with van der Waals surface area (Å²) in [6.45, 7) is 5.20. The van der Waals surface area contributed by atoms with Crippen LogP contribution >= 0.6 is 0 Å². The van der Waals surface area contributed by atoms with Crippen molar-refractivity contribution >= 4 is 23.6 Å². The summed E-state index contributed by atoms with van der Waals surface area (Å²) >= 11 is 0. The van der Waals surface area contributed by atoms with E-state index in [0.717, 1.165) is 5.56 Å². The lowest BCUT2D eigenvalue weighted by Gasteiger charge is -2.19. The van der Waals surface area contributed by atoms with E-state index in [2.05, 4.69) is 16.0 Å². The molecule has 0 aliphatic heterocycles. The summed E-state index contributed by atoms with van der Waals surface area (Å²) in [7, 11) is 1.44. The van der Waals surface area contributed by atoms with E-state index in [1.54, 1.807) is 45.0 Å². The van der Waals surface area contributed by atoms with Gasteiger partial charge < -0.3 is 25.4 Å². The number of methoxy groups -OCH3 is 1. The Morgan fingerprint density at radius 2 is 1.72 bits per heavy atom. The largest absolute Gasteiger partial charge is 0.444 e. The molecule has 3 N–H and O–H groups in total. The minimum Gasteiger partial charge on any atom is -0.444 e. The first-order chi connectivity index (χ1) is 11.7. The van der Waals surface area contributed by atoms with Crippen LogP contribution < -0.4 is 16.0 Å². The van der Waals surface area contributed by atoms with Gasteiger partial charge in [-0.05, 0) is 32.4 Å². The average molecular weight is 351 g/mol. The summed E-state index contributed by atoms with van der Waals surface area (Å²) in [5, 5.41) is 7.76. The molecule has 1 rings (SSSR count). The van der Waals surface area contributed by atoms with Crippen molar-refractivity contribution in [3.63, 3.8) is 0 Å². The molecule has 0 radical (unpaired) electrons. The van der Waals surface area contributed by atoms with Crippen molar-refractivity contribution in [2.75, 3.05) is 25.6 Å². The normalized spacial score (nSPS) is 10.7.